The number of pyridine rings is 1. The molecule has 0 unspecified atom stereocenters. The SMILES string of the molecule is Cn1c(-c2ccccc2)cc(=S)c(I)c1-c1ccc(Br)cc1. The van der Waals surface area contributed by atoms with Crippen molar-refractivity contribution in [3.63, 3.8) is 0 Å². The summed E-state index contributed by atoms with van der Waals surface area (Å²) >= 11 is 11.4. The van der Waals surface area contributed by atoms with E-state index in [0.717, 1.165) is 23.9 Å². The first-order chi connectivity index (χ1) is 10.6. The largest absolute Gasteiger partial charge is 0.343 e. The van der Waals surface area contributed by atoms with Crippen molar-refractivity contribution in [1.29, 1.82) is 0 Å². The highest BCUT2D eigenvalue weighted by atomic mass is 127. The predicted octanol–water partition coefficient (Wildman–Crippen LogP) is 6.46. The molecule has 0 atom stereocenters. The van der Waals surface area contributed by atoms with Gasteiger partial charge in [0.15, 0.2) is 0 Å². The van der Waals surface area contributed by atoms with Crippen LogP contribution in [0.25, 0.3) is 22.5 Å². The van der Waals surface area contributed by atoms with Crippen molar-refractivity contribution in [2.24, 2.45) is 7.05 Å². The van der Waals surface area contributed by atoms with Crippen LogP contribution in [0.3, 0.4) is 0 Å². The highest BCUT2D eigenvalue weighted by Gasteiger charge is 2.12. The van der Waals surface area contributed by atoms with Gasteiger partial charge in [-0.25, -0.2) is 0 Å². The number of benzene rings is 2. The molecule has 22 heavy (non-hydrogen) atoms. The number of aromatic nitrogens is 1. The van der Waals surface area contributed by atoms with Crippen molar-refractivity contribution < 1.29 is 0 Å². The van der Waals surface area contributed by atoms with Crippen LogP contribution in [0.4, 0.5) is 0 Å². The second-order valence-electron chi connectivity index (χ2n) is 4.99. The van der Waals surface area contributed by atoms with Crippen LogP contribution in [0, 0.1) is 8.08 Å². The molecule has 0 aliphatic carbocycles. The van der Waals surface area contributed by atoms with Gasteiger partial charge in [-0.2, -0.15) is 0 Å². The summed E-state index contributed by atoms with van der Waals surface area (Å²) in [4.78, 5) is 0. The van der Waals surface area contributed by atoms with Gasteiger partial charge in [0.25, 0.3) is 0 Å². The van der Waals surface area contributed by atoms with Gasteiger partial charge in [0.1, 0.15) is 0 Å². The molecule has 0 aliphatic heterocycles. The fourth-order valence-electron chi connectivity index (χ4n) is 2.48. The lowest BCUT2D eigenvalue weighted by Gasteiger charge is -2.17. The van der Waals surface area contributed by atoms with E-state index in [2.05, 4.69) is 105 Å². The summed E-state index contributed by atoms with van der Waals surface area (Å²) in [5, 5.41) is 0. The Balaban J connectivity index is 2.29. The van der Waals surface area contributed by atoms with Crippen LogP contribution in [0.15, 0.2) is 65.1 Å². The summed E-state index contributed by atoms with van der Waals surface area (Å²) < 4.78 is 5.29. The van der Waals surface area contributed by atoms with Crippen LogP contribution in [0.2, 0.25) is 0 Å². The second kappa shape index (κ2) is 6.64. The Hall–Kier alpha value is -0.980. The summed E-state index contributed by atoms with van der Waals surface area (Å²) in [7, 11) is 2.09. The van der Waals surface area contributed by atoms with Crippen LogP contribution >= 0.6 is 50.7 Å². The maximum absolute atomic E-state index is 5.58. The predicted molar refractivity (Wildman–Crippen MR) is 108 cm³/mol. The zero-order chi connectivity index (χ0) is 15.7. The summed E-state index contributed by atoms with van der Waals surface area (Å²) in [5.41, 5.74) is 4.62. The van der Waals surface area contributed by atoms with Gasteiger partial charge in [0, 0.05) is 17.2 Å². The van der Waals surface area contributed by atoms with Crippen LogP contribution in [-0.2, 0) is 7.05 Å². The molecule has 2 aromatic carbocycles. The minimum Gasteiger partial charge on any atom is -0.343 e. The smallest absolute Gasteiger partial charge is 0.0632 e. The fourth-order valence-corrected chi connectivity index (χ4v) is 3.78. The van der Waals surface area contributed by atoms with Crippen molar-refractivity contribution in [1.82, 2.24) is 4.57 Å². The molecular formula is C18H13BrINS. The Kier molecular flexibility index (Phi) is 4.80. The Morgan fingerprint density at radius 1 is 0.955 bits per heavy atom. The maximum Gasteiger partial charge on any atom is 0.0632 e. The Labute approximate surface area is 157 Å². The molecule has 0 N–H and O–H groups in total. The number of rotatable bonds is 2. The third-order valence-electron chi connectivity index (χ3n) is 3.58. The van der Waals surface area contributed by atoms with E-state index in [1.165, 1.54) is 11.1 Å². The Morgan fingerprint density at radius 2 is 1.59 bits per heavy atom. The zero-order valence-corrected chi connectivity index (χ0v) is 16.4. The number of hydrogen-bond donors (Lipinski definition) is 0. The van der Waals surface area contributed by atoms with E-state index in [4.69, 9.17) is 12.2 Å². The fraction of sp³-hybridized carbons (Fsp3) is 0.0556. The van der Waals surface area contributed by atoms with Gasteiger partial charge in [-0.1, -0.05) is 70.6 Å². The molecule has 0 saturated heterocycles. The van der Waals surface area contributed by atoms with Gasteiger partial charge in [0.05, 0.1) is 13.8 Å². The normalized spacial score (nSPS) is 10.7. The van der Waals surface area contributed by atoms with E-state index in [1.54, 1.807) is 0 Å². The standard InChI is InChI=1S/C18H13BrINS/c1-21-15(12-5-3-2-4-6-12)11-16(22)17(20)18(21)13-7-9-14(19)10-8-13/h2-11H,1H3. The molecule has 0 aliphatic rings. The molecular weight excluding hydrogens is 469 g/mol. The van der Waals surface area contributed by atoms with Gasteiger partial charge in [-0.15, -0.1) is 0 Å². The van der Waals surface area contributed by atoms with E-state index in [9.17, 15) is 0 Å². The molecule has 0 bridgehead atoms. The third-order valence-corrected chi connectivity index (χ3v) is 5.88. The first-order valence-corrected chi connectivity index (χ1v) is 9.07. The van der Waals surface area contributed by atoms with Gasteiger partial charge in [0.2, 0.25) is 0 Å². The highest BCUT2D eigenvalue weighted by molar-refractivity contribution is 14.1. The molecule has 1 nitrogen and oxygen atoms in total. The maximum atomic E-state index is 5.58. The summed E-state index contributed by atoms with van der Waals surface area (Å²) in [6, 6.07) is 20.8. The molecule has 1 aromatic heterocycles. The molecule has 0 fully saturated rings. The first kappa shape index (κ1) is 15.9. The van der Waals surface area contributed by atoms with Crippen molar-refractivity contribution in [2.45, 2.75) is 0 Å². The van der Waals surface area contributed by atoms with Crippen molar-refractivity contribution in [3.8, 4) is 22.5 Å². The Morgan fingerprint density at radius 3 is 2.23 bits per heavy atom. The Bertz CT molecular complexity index is 870. The molecule has 4 heteroatoms. The molecule has 0 saturated carbocycles. The molecule has 1 heterocycles. The van der Waals surface area contributed by atoms with E-state index in [1.807, 2.05) is 6.07 Å². The van der Waals surface area contributed by atoms with E-state index in [0.29, 0.717) is 0 Å². The molecule has 3 aromatic rings. The third kappa shape index (κ3) is 3.05. The second-order valence-corrected chi connectivity index (χ2v) is 7.42. The molecule has 0 radical (unpaired) electrons. The highest BCUT2D eigenvalue weighted by Crippen LogP contribution is 2.31. The molecule has 3 rings (SSSR count). The van der Waals surface area contributed by atoms with Crippen LogP contribution in [0.1, 0.15) is 0 Å². The monoisotopic (exact) mass is 481 g/mol. The van der Waals surface area contributed by atoms with Crippen LogP contribution in [-0.4, -0.2) is 4.57 Å². The number of halogens is 2. The van der Waals surface area contributed by atoms with Crippen molar-refractivity contribution in [2.75, 3.05) is 0 Å². The van der Waals surface area contributed by atoms with Crippen LogP contribution in [0.5, 0.6) is 0 Å². The first-order valence-electron chi connectivity index (χ1n) is 6.79. The number of nitrogens with zero attached hydrogens (tertiary/aromatic N) is 1. The molecule has 0 amide bonds. The van der Waals surface area contributed by atoms with Gasteiger partial charge in [-0.3, -0.25) is 0 Å². The van der Waals surface area contributed by atoms with E-state index in [-0.39, 0.29) is 0 Å². The lowest BCUT2D eigenvalue weighted by Crippen LogP contribution is -2.04. The molecule has 0 spiro atoms. The summed E-state index contributed by atoms with van der Waals surface area (Å²) in [5.74, 6) is 0. The van der Waals surface area contributed by atoms with Gasteiger partial charge in [-0.05, 0) is 51.9 Å². The van der Waals surface area contributed by atoms with E-state index < -0.39 is 0 Å². The number of hydrogen-bond acceptors (Lipinski definition) is 1. The van der Waals surface area contributed by atoms with Crippen molar-refractivity contribution in [3.05, 3.63) is 73.2 Å². The quantitative estimate of drug-likeness (QED) is 0.300. The van der Waals surface area contributed by atoms with E-state index >= 15 is 0 Å². The van der Waals surface area contributed by atoms with Crippen molar-refractivity contribution >= 4 is 50.7 Å². The minimum atomic E-state index is 0.885. The average Bonchev–Trinajstić information content (AvgIpc) is 2.54. The lowest BCUT2D eigenvalue weighted by molar-refractivity contribution is 0.917. The van der Waals surface area contributed by atoms with Crippen LogP contribution < -0.4 is 0 Å². The van der Waals surface area contributed by atoms with Gasteiger partial charge >= 0.3 is 0 Å². The average molecular weight is 482 g/mol. The summed E-state index contributed by atoms with van der Waals surface area (Å²) in [6.07, 6.45) is 0. The zero-order valence-electron chi connectivity index (χ0n) is 11.9. The minimum absolute atomic E-state index is 0.885. The van der Waals surface area contributed by atoms with Gasteiger partial charge < -0.3 is 4.57 Å². The molecule has 110 valence electrons. The lowest BCUT2D eigenvalue weighted by atomic mass is 10.1. The summed E-state index contributed by atoms with van der Waals surface area (Å²) in [6.45, 7) is 0. The topological polar surface area (TPSA) is 4.93 Å².